The fourth-order valence-electron chi connectivity index (χ4n) is 0.882. The first-order valence-electron chi connectivity index (χ1n) is 3.62. The van der Waals surface area contributed by atoms with E-state index in [-0.39, 0.29) is 18.4 Å². The van der Waals surface area contributed by atoms with E-state index in [0.717, 1.165) is 9.35 Å². The second kappa shape index (κ2) is 4.71. The second-order valence-electron chi connectivity index (χ2n) is 2.55. The zero-order valence-electron chi connectivity index (χ0n) is 6.79. The molecule has 0 aromatic carbocycles. The van der Waals surface area contributed by atoms with Crippen molar-refractivity contribution in [3.63, 3.8) is 0 Å². The van der Waals surface area contributed by atoms with Crippen molar-refractivity contribution < 1.29 is 4.79 Å². The smallest absolute Gasteiger partial charge is 0.235 e. The van der Waals surface area contributed by atoms with Crippen LogP contribution in [-0.4, -0.2) is 5.91 Å². The Balaban J connectivity index is 2.58. The molecule has 0 aliphatic carbocycles. The zero-order chi connectivity index (χ0) is 9.84. The Labute approximate surface area is 88.4 Å². The van der Waals surface area contributed by atoms with Gasteiger partial charge in [-0.05, 0) is 22.0 Å². The van der Waals surface area contributed by atoms with Crippen molar-refractivity contribution in [2.24, 2.45) is 11.6 Å². The molecule has 1 aromatic rings. The van der Waals surface area contributed by atoms with E-state index in [2.05, 4.69) is 15.9 Å². The quantitative estimate of drug-likeness (QED) is 0.431. The molecule has 1 unspecified atom stereocenters. The molecular weight excluding hydrogens is 254 g/mol. The summed E-state index contributed by atoms with van der Waals surface area (Å²) in [5.74, 6) is 4.69. The zero-order valence-corrected chi connectivity index (χ0v) is 9.19. The average molecular weight is 264 g/mol. The van der Waals surface area contributed by atoms with Gasteiger partial charge in [-0.3, -0.25) is 10.2 Å². The maximum atomic E-state index is 10.9. The minimum atomic E-state index is -0.278. The third kappa shape index (κ3) is 3.07. The number of hydrogen-bond acceptors (Lipinski definition) is 4. The van der Waals surface area contributed by atoms with Crippen LogP contribution in [0.4, 0.5) is 0 Å². The van der Waals surface area contributed by atoms with Crippen molar-refractivity contribution in [2.45, 2.75) is 12.5 Å². The molecule has 1 atom stereocenters. The van der Waals surface area contributed by atoms with E-state index in [0.29, 0.717) is 0 Å². The summed E-state index contributed by atoms with van der Waals surface area (Å²) in [6.07, 6.45) is 0.212. The number of hydrazine groups is 1. The molecule has 4 nitrogen and oxygen atoms in total. The van der Waals surface area contributed by atoms with E-state index in [9.17, 15) is 4.79 Å². The number of nitrogens with one attached hydrogen (secondary N) is 1. The fourth-order valence-corrected chi connectivity index (χ4v) is 2.33. The maximum Gasteiger partial charge on any atom is 0.235 e. The monoisotopic (exact) mass is 263 g/mol. The third-order valence-corrected chi connectivity index (χ3v) is 3.34. The van der Waals surface area contributed by atoms with Crippen LogP contribution in [0.2, 0.25) is 0 Å². The lowest BCUT2D eigenvalue weighted by atomic mass is 10.2. The minimum absolute atomic E-state index is 0.212. The van der Waals surface area contributed by atoms with Gasteiger partial charge in [-0.25, -0.2) is 5.84 Å². The summed E-state index contributed by atoms with van der Waals surface area (Å²) in [5, 5.41) is 1.93. The lowest BCUT2D eigenvalue weighted by molar-refractivity contribution is -0.121. The molecule has 0 saturated heterocycles. The fraction of sp³-hybridized carbons (Fsp3) is 0.286. The normalized spacial score (nSPS) is 12.5. The first-order valence-corrected chi connectivity index (χ1v) is 5.29. The number of carbonyl (C=O) groups excluding carboxylic acids is 1. The topological polar surface area (TPSA) is 81.1 Å². The minimum Gasteiger partial charge on any atom is -0.323 e. The van der Waals surface area contributed by atoms with Gasteiger partial charge in [0.1, 0.15) is 0 Å². The maximum absolute atomic E-state index is 10.9. The number of carbonyl (C=O) groups is 1. The van der Waals surface area contributed by atoms with Gasteiger partial charge in [0.25, 0.3) is 0 Å². The second-order valence-corrected chi connectivity index (χ2v) is 4.40. The van der Waals surface area contributed by atoms with Gasteiger partial charge < -0.3 is 5.73 Å². The number of nitrogens with two attached hydrogens (primary N) is 2. The summed E-state index contributed by atoms with van der Waals surface area (Å²) >= 11 is 4.83. The molecule has 1 amide bonds. The molecule has 1 heterocycles. The molecule has 1 rings (SSSR count). The van der Waals surface area contributed by atoms with Crippen LogP contribution in [0.5, 0.6) is 0 Å². The van der Waals surface area contributed by atoms with Crippen molar-refractivity contribution in [2.75, 3.05) is 0 Å². The summed E-state index contributed by atoms with van der Waals surface area (Å²) < 4.78 is 0.983. The molecule has 5 N–H and O–H groups in total. The largest absolute Gasteiger partial charge is 0.323 e. The van der Waals surface area contributed by atoms with Gasteiger partial charge in [0.15, 0.2) is 0 Å². The van der Waals surface area contributed by atoms with Crippen molar-refractivity contribution in [1.82, 2.24) is 5.43 Å². The Kier molecular flexibility index (Phi) is 3.86. The van der Waals surface area contributed by atoms with Gasteiger partial charge in [-0.2, -0.15) is 0 Å². The van der Waals surface area contributed by atoms with Gasteiger partial charge in [-0.1, -0.05) is 0 Å². The number of hydrogen-bond donors (Lipinski definition) is 3. The first-order chi connectivity index (χ1) is 6.13. The van der Waals surface area contributed by atoms with Gasteiger partial charge in [0.2, 0.25) is 5.91 Å². The number of thiophene rings is 1. The molecule has 0 aliphatic heterocycles. The van der Waals surface area contributed by atoms with Crippen LogP contribution in [0.15, 0.2) is 15.9 Å². The molecular formula is C7H10BrN3OS. The molecule has 1 aromatic heterocycles. The summed E-state index contributed by atoms with van der Waals surface area (Å²) in [5.41, 5.74) is 7.80. The molecule has 13 heavy (non-hydrogen) atoms. The van der Waals surface area contributed by atoms with Crippen molar-refractivity contribution >= 4 is 33.2 Å². The Bertz CT molecular complexity index is 302. The molecule has 0 fully saturated rings. The highest BCUT2D eigenvalue weighted by atomic mass is 79.9. The van der Waals surface area contributed by atoms with Crippen molar-refractivity contribution in [3.05, 3.63) is 20.8 Å². The van der Waals surface area contributed by atoms with Crippen LogP contribution in [0.3, 0.4) is 0 Å². The van der Waals surface area contributed by atoms with Crippen LogP contribution < -0.4 is 17.0 Å². The molecule has 0 bridgehead atoms. The van der Waals surface area contributed by atoms with Gasteiger partial charge in [-0.15, -0.1) is 11.3 Å². The standard InChI is InChI=1S/C7H10BrN3OS/c8-4-1-6(13-3-4)5(9)2-7(12)11-10/h1,3,5H,2,9-10H2,(H,11,12). The Morgan fingerprint density at radius 1 is 1.77 bits per heavy atom. The highest BCUT2D eigenvalue weighted by Crippen LogP contribution is 2.25. The van der Waals surface area contributed by atoms with E-state index in [1.54, 1.807) is 0 Å². The molecule has 0 spiro atoms. The van der Waals surface area contributed by atoms with Crippen LogP contribution in [0, 0.1) is 0 Å². The van der Waals surface area contributed by atoms with E-state index in [1.807, 2.05) is 16.9 Å². The van der Waals surface area contributed by atoms with Gasteiger partial charge in [0, 0.05) is 27.2 Å². The van der Waals surface area contributed by atoms with Gasteiger partial charge in [0.05, 0.1) is 0 Å². The summed E-state index contributed by atoms with van der Waals surface area (Å²) in [7, 11) is 0. The summed E-state index contributed by atoms with van der Waals surface area (Å²) in [6, 6.07) is 1.62. The molecule has 0 aliphatic rings. The van der Waals surface area contributed by atoms with E-state index in [4.69, 9.17) is 11.6 Å². The Morgan fingerprint density at radius 2 is 2.46 bits per heavy atom. The number of halogens is 1. The predicted molar refractivity (Wildman–Crippen MR) is 55.9 cm³/mol. The first kappa shape index (κ1) is 10.6. The molecule has 6 heteroatoms. The molecule has 0 saturated carbocycles. The van der Waals surface area contributed by atoms with Crippen LogP contribution in [0.25, 0.3) is 0 Å². The van der Waals surface area contributed by atoms with Crippen molar-refractivity contribution in [1.29, 1.82) is 0 Å². The highest BCUT2D eigenvalue weighted by Gasteiger charge is 2.12. The highest BCUT2D eigenvalue weighted by molar-refractivity contribution is 9.10. The lowest BCUT2D eigenvalue weighted by Crippen LogP contribution is -2.32. The molecule has 0 radical (unpaired) electrons. The van der Waals surface area contributed by atoms with Crippen LogP contribution in [0.1, 0.15) is 17.3 Å². The number of rotatable bonds is 3. The van der Waals surface area contributed by atoms with Crippen LogP contribution in [-0.2, 0) is 4.79 Å². The molecule has 72 valence electrons. The summed E-state index contributed by atoms with van der Waals surface area (Å²) in [6.45, 7) is 0. The third-order valence-electron chi connectivity index (χ3n) is 1.52. The number of amides is 1. The van der Waals surface area contributed by atoms with E-state index < -0.39 is 0 Å². The van der Waals surface area contributed by atoms with E-state index in [1.165, 1.54) is 11.3 Å². The average Bonchev–Trinajstić information content (AvgIpc) is 2.51. The van der Waals surface area contributed by atoms with E-state index >= 15 is 0 Å². The Hall–Kier alpha value is -0.430. The predicted octanol–water partition coefficient (Wildman–Crippen LogP) is 0.890. The Morgan fingerprint density at radius 3 is 2.92 bits per heavy atom. The van der Waals surface area contributed by atoms with Crippen LogP contribution >= 0.6 is 27.3 Å². The van der Waals surface area contributed by atoms with Gasteiger partial charge >= 0.3 is 0 Å². The van der Waals surface area contributed by atoms with Crippen molar-refractivity contribution in [3.8, 4) is 0 Å². The summed E-state index contributed by atoms with van der Waals surface area (Å²) in [4.78, 5) is 11.8. The lowest BCUT2D eigenvalue weighted by Gasteiger charge is -2.06. The SMILES string of the molecule is NNC(=O)CC(N)c1cc(Br)cs1.